The molecule has 0 spiro atoms. The monoisotopic (exact) mass is 276 g/mol. The van der Waals surface area contributed by atoms with Crippen LogP contribution in [0, 0.1) is 0 Å². The minimum atomic E-state index is -0.928. The van der Waals surface area contributed by atoms with Crippen molar-refractivity contribution in [3.63, 3.8) is 0 Å². The van der Waals surface area contributed by atoms with Gasteiger partial charge in [-0.3, -0.25) is 9.59 Å². The highest BCUT2D eigenvalue weighted by molar-refractivity contribution is 6.12. The molecule has 1 heterocycles. The lowest BCUT2D eigenvalue weighted by molar-refractivity contribution is -0.123. The van der Waals surface area contributed by atoms with Gasteiger partial charge in [-0.25, -0.2) is 0 Å². The third-order valence-electron chi connectivity index (χ3n) is 3.31. The second kappa shape index (κ2) is 5.63. The lowest BCUT2D eigenvalue weighted by atomic mass is 10.0. The van der Waals surface area contributed by atoms with Crippen molar-refractivity contribution in [1.29, 1.82) is 0 Å². The van der Waals surface area contributed by atoms with Gasteiger partial charge in [0, 0.05) is 13.2 Å². The predicted molar refractivity (Wildman–Crippen MR) is 76.8 cm³/mol. The summed E-state index contributed by atoms with van der Waals surface area (Å²) >= 11 is 0. The van der Waals surface area contributed by atoms with Crippen LogP contribution in [0.15, 0.2) is 24.3 Å². The van der Waals surface area contributed by atoms with E-state index in [0.717, 1.165) is 0 Å². The zero-order valence-corrected chi connectivity index (χ0v) is 12.1. The first kappa shape index (κ1) is 14.5. The maximum Gasteiger partial charge on any atom is 0.254 e. The SMILES string of the molecule is CCOCCN1C(=O)C(C)(C)NC(=O)c2ccccc21. The molecule has 2 amide bonds. The molecule has 0 saturated carbocycles. The van der Waals surface area contributed by atoms with E-state index < -0.39 is 5.54 Å². The first-order chi connectivity index (χ1) is 9.47. The molecule has 5 nitrogen and oxygen atoms in total. The van der Waals surface area contributed by atoms with E-state index in [4.69, 9.17) is 4.74 Å². The zero-order valence-electron chi connectivity index (χ0n) is 12.1. The van der Waals surface area contributed by atoms with E-state index in [1.165, 1.54) is 0 Å². The van der Waals surface area contributed by atoms with E-state index in [9.17, 15) is 9.59 Å². The van der Waals surface area contributed by atoms with Gasteiger partial charge in [0.1, 0.15) is 5.54 Å². The average Bonchev–Trinajstić information content (AvgIpc) is 2.48. The predicted octanol–water partition coefficient (Wildman–Crippen LogP) is 1.58. The molecule has 1 aliphatic rings. The Kier molecular flexibility index (Phi) is 4.09. The Labute approximate surface area is 118 Å². The van der Waals surface area contributed by atoms with Crippen LogP contribution in [0.2, 0.25) is 0 Å². The summed E-state index contributed by atoms with van der Waals surface area (Å²) < 4.78 is 5.34. The Bertz CT molecular complexity index is 526. The first-order valence-corrected chi connectivity index (χ1v) is 6.78. The number of fused-ring (bicyclic) bond motifs is 1. The van der Waals surface area contributed by atoms with E-state index >= 15 is 0 Å². The summed E-state index contributed by atoms with van der Waals surface area (Å²) in [6.07, 6.45) is 0. The Balaban J connectivity index is 2.41. The van der Waals surface area contributed by atoms with Crippen molar-refractivity contribution in [3.05, 3.63) is 29.8 Å². The Morgan fingerprint density at radius 1 is 1.25 bits per heavy atom. The van der Waals surface area contributed by atoms with Gasteiger partial charge in [-0.05, 0) is 32.9 Å². The number of nitrogens with one attached hydrogen (secondary N) is 1. The number of benzene rings is 1. The molecule has 0 aromatic heterocycles. The molecule has 0 bridgehead atoms. The number of anilines is 1. The van der Waals surface area contributed by atoms with E-state index in [-0.39, 0.29) is 11.8 Å². The molecule has 0 atom stereocenters. The molecular formula is C15H20N2O3. The number of carbonyl (C=O) groups excluding carboxylic acids is 2. The molecule has 1 aromatic rings. The third kappa shape index (κ3) is 2.67. The van der Waals surface area contributed by atoms with Gasteiger partial charge in [0.15, 0.2) is 0 Å². The van der Waals surface area contributed by atoms with E-state index in [1.54, 1.807) is 36.9 Å². The van der Waals surface area contributed by atoms with Gasteiger partial charge in [-0.2, -0.15) is 0 Å². The highest BCUT2D eigenvalue weighted by Gasteiger charge is 2.38. The third-order valence-corrected chi connectivity index (χ3v) is 3.31. The normalized spacial score (nSPS) is 17.4. The highest BCUT2D eigenvalue weighted by atomic mass is 16.5. The van der Waals surface area contributed by atoms with Crippen molar-refractivity contribution >= 4 is 17.5 Å². The molecule has 108 valence electrons. The van der Waals surface area contributed by atoms with E-state index in [2.05, 4.69) is 5.32 Å². The maximum atomic E-state index is 12.6. The molecule has 2 rings (SSSR count). The molecule has 5 heteroatoms. The minimum Gasteiger partial charge on any atom is -0.380 e. The molecule has 1 aromatic carbocycles. The maximum absolute atomic E-state index is 12.6. The average molecular weight is 276 g/mol. The Morgan fingerprint density at radius 3 is 2.65 bits per heavy atom. The zero-order chi connectivity index (χ0) is 14.8. The second-order valence-electron chi connectivity index (χ2n) is 5.25. The molecule has 0 fully saturated rings. The van der Waals surface area contributed by atoms with Gasteiger partial charge in [0.05, 0.1) is 17.9 Å². The summed E-state index contributed by atoms with van der Waals surface area (Å²) in [6.45, 7) is 6.82. The molecule has 0 aliphatic carbocycles. The fourth-order valence-electron chi connectivity index (χ4n) is 2.27. The summed E-state index contributed by atoms with van der Waals surface area (Å²) in [7, 11) is 0. The van der Waals surface area contributed by atoms with Gasteiger partial charge in [-0.1, -0.05) is 12.1 Å². The summed E-state index contributed by atoms with van der Waals surface area (Å²) in [5, 5.41) is 2.77. The van der Waals surface area contributed by atoms with Crippen LogP contribution in [-0.4, -0.2) is 37.1 Å². The molecule has 1 N–H and O–H groups in total. The largest absolute Gasteiger partial charge is 0.380 e. The summed E-state index contributed by atoms with van der Waals surface area (Å²) in [5.41, 5.74) is 0.227. The van der Waals surface area contributed by atoms with Crippen molar-refractivity contribution < 1.29 is 14.3 Å². The minimum absolute atomic E-state index is 0.129. The quantitative estimate of drug-likeness (QED) is 0.849. The molecule has 0 unspecified atom stereocenters. The Morgan fingerprint density at radius 2 is 1.95 bits per heavy atom. The van der Waals surface area contributed by atoms with Crippen LogP contribution in [0.3, 0.4) is 0 Å². The molecular weight excluding hydrogens is 256 g/mol. The molecule has 1 aliphatic heterocycles. The van der Waals surface area contributed by atoms with Crippen LogP contribution in [0.1, 0.15) is 31.1 Å². The van der Waals surface area contributed by atoms with Crippen LogP contribution in [0.4, 0.5) is 5.69 Å². The van der Waals surface area contributed by atoms with Crippen molar-refractivity contribution in [3.8, 4) is 0 Å². The van der Waals surface area contributed by atoms with Crippen LogP contribution in [0.25, 0.3) is 0 Å². The van der Waals surface area contributed by atoms with Crippen LogP contribution in [-0.2, 0) is 9.53 Å². The topological polar surface area (TPSA) is 58.6 Å². The first-order valence-electron chi connectivity index (χ1n) is 6.78. The fourth-order valence-corrected chi connectivity index (χ4v) is 2.27. The second-order valence-corrected chi connectivity index (χ2v) is 5.25. The van der Waals surface area contributed by atoms with Crippen molar-refractivity contribution in [2.45, 2.75) is 26.3 Å². The lowest BCUT2D eigenvalue weighted by Gasteiger charge is -2.29. The van der Waals surface area contributed by atoms with Gasteiger partial charge < -0.3 is 15.0 Å². The van der Waals surface area contributed by atoms with Gasteiger partial charge >= 0.3 is 0 Å². The van der Waals surface area contributed by atoms with Gasteiger partial charge in [0.25, 0.3) is 11.8 Å². The smallest absolute Gasteiger partial charge is 0.254 e. The number of rotatable bonds is 4. The highest BCUT2D eigenvalue weighted by Crippen LogP contribution is 2.27. The number of carbonyl (C=O) groups is 2. The standard InChI is InChI=1S/C15H20N2O3/c1-4-20-10-9-17-12-8-6-5-7-11(12)13(18)16-15(2,3)14(17)19/h5-8H,4,9-10H2,1-3H3,(H,16,18). The number of hydrogen-bond donors (Lipinski definition) is 1. The van der Waals surface area contributed by atoms with E-state index in [1.807, 2.05) is 13.0 Å². The van der Waals surface area contributed by atoms with Crippen molar-refractivity contribution in [2.24, 2.45) is 0 Å². The van der Waals surface area contributed by atoms with Gasteiger partial charge in [-0.15, -0.1) is 0 Å². The summed E-state index contributed by atoms with van der Waals surface area (Å²) in [4.78, 5) is 26.5. The number of ether oxygens (including phenoxy) is 1. The van der Waals surface area contributed by atoms with Crippen molar-refractivity contribution in [2.75, 3.05) is 24.7 Å². The molecule has 0 saturated heterocycles. The van der Waals surface area contributed by atoms with Crippen LogP contribution >= 0.6 is 0 Å². The lowest BCUT2D eigenvalue weighted by Crippen LogP contribution is -2.54. The molecule has 0 radical (unpaired) electrons. The van der Waals surface area contributed by atoms with Crippen LogP contribution < -0.4 is 10.2 Å². The summed E-state index contributed by atoms with van der Waals surface area (Å²) in [6, 6.07) is 7.14. The van der Waals surface area contributed by atoms with Crippen molar-refractivity contribution in [1.82, 2.24) is 5.32 Å². The fraction of sp³-hybridized carbons (Fsp3) is 0.467. The van der Waals surface area contributed by atoms with Gasteiger partial charge in [0.2, 0.25) is 0 Å². The summed E-state index contributed by atoms with van der Waals surface area (Å²) in [5.74, 6) is -0.353. The number of amides is 2. The molecule has 20 heavy (non-hydrogen) atoms. The Hall–Kier alpha value is -1.88. The van der Waals surface area contributed by atoms with Crippen LogP contribution in [0.5, 0.6) is 0 Å². The van der Waals surface area contributed by atoms with E-state index in [0.29, 0.717) is 31.0 Å². The number of hydrogen-bond acceptors (Lipinski definition) is 3. The number of para-hydroxylation sites is 1. The number of nitrogens with zero attached hydrogens (tertiary/aromatic N) is 1.